The maximum absolute atomic E-state index is 11.2. The van der Waals surface area contributed by atoms with Gasteiger partial charge in [-0.2, -0.15) is 0 Å². The Labute approximate surface area is 130 Å². The molecule has 1 aliphatic rings. The zero-order valence-corrected chi connectivity index (χ0v) is 13.2. The minimum Gasteiger partial charge on any atom is -0.330 e. The maximum atomic E-state index is 11.2. The lowest BCUT2D eigenvalue weighted by molar-refractivity contribution is -0.385. The van der Waals surface area contributed by atoms with Crippen molar-refractivity contribution in [3.05, 3.63) is 38.9 Å². The van der Waals surface area contributed by atoms with Crippen LogP contribution in [0, 0.1) is 21.4 Å². The fourth-order valence-corrected chi connectivity index (χ4v) is 3.62. The molecule has 0 atom stereocenters. The molecular weight excluding hydrogens is 288 g/mol. The number of nitrogens with two attached hydrogens (primary N) is 1. The molecule has 2 rings (SSSR count). The van der Waals surface area contributed by atoms with Crippen molar-refractivity contribution in [2.45, 2.75) is 45.4 Å². The summed E-state index contributed by atoms with van der Waals surface area (Å²) in [5.41, 5.74) is 6.89. The third-order valence-corrected chi connectivity index (χ3v) is 5.21. The van der Waals surface area contributed by atoms with Gasteiger partial charge in [-0.05, 0) is 62.1 Å². The molecular formula is C16H23ClN2O2. The summed E-state index contributed by atoms with van der Waals surface area (Å²) < 4.78 is 0. The van der Waals surface area contributed by atoms with Crippen molar-refractivity contribution in [3.63, 3.8) is 0 Å². The van der Waals surface area contributed by atoms with Gasteiger partial charge in [0.25, 0.3) is 5.69 Å². The Hall–Kier alpha value is -1.13. The van der Waals surface area contributed by atoms with E-state index in [1.54, 1.807) is 12.1 Å². The normalized spacial score (nSPS) is 25.8. The standard InChI is InChI=1S/C16H23ClN2O2/c1-2-12-5-7-16(11-18,8-6-12)10-13-9-14(17)3-4-15(13)19(20)21/h3-4,9,12H,2,5-8,10-11,18H2,1H3. The molecule has 2 N–H and O–H groups in total. The van der Waals surface area contributed by atoms with E-state index in [1.165, 1.54) is 25.3 Å². The average Bonchev–Trinajstić information content (AvgIpc) is 2.47. The molecule has 0 aliphatic heterocycles. The third-order valence-electron chi connectivity index (χ3n) is 4.98. The lowest BCUT2D eigenvalue weighted by Crippen LogP contribution is -2.37. The second kappa shape index (κ2) is 6.75. The topological polar surface area (TPSA) is 69.2 Å². The minimum atomic E-state index is -0.326. The van der Waals surface area contributed by atoms with E-state index in [2.05, 4.69) is 6.92 Å². The van der Waals surface area contributed by atoms with E-state index in [-0.39, 0.29) is 16.0 Å². The molecule has 1 aromatic carbocycles. The van der Waals surface area contributed by atoms with E-state index in [0.29, 0.717) is 23.6 Å². The van der Waals surface area contributed by atoms with Gasteiger partial charge in [-0.25, -0.2) is 0 Å². The minimum absolute atomic E-state index is 0.0128. The smallest absolute Gasteiger partial charge is 0.272 e. The third kappa shape index (κ3) is 3.74. The highest BCUT2D eigenvalue weighted by Gasteiger charge is 2.35. The lowest BCUT2D eigenvalue weighted by atomic mass is 9.67. The maximum Gasteiger partial charge on any atom is 0.272 e. The summed E-state index contributed by atoms with van der Waals surface area (Å²) in [6.45, 7) is 2.80. The zero-order valence-electron chi connectivity index (χ0n) is 12.5. The molecule has 0 radical (unpaired) electrons. The molecule has 0 amide bonds. The Morgan fingerprint density at radius 1 is 1.43 bits per heavy atom. The summed E-state index contributed by atoms with van der Waals surface area (Å²) >= 11 is 6.02. The van der Waals surface area contributed by atoms with Crippen molar-refractivity contribution >= 4 is 17.3 Å². The molecule has 1 saturated carbocycles. The van der Waals surface area contributed by atoms with Crippen LogP contribution in [0.5, 0.6) is 0 Å². The van der Waals surface area contributed by atoms with E-state index in [4.69, 9.17) is 17.3 Å². The van der Waals surface area contributed by atoms with E-state index >= 15 is 0 Å². The van der Waals surface area contributed by atoms with Gasteiger partial charge in [0.05, 0.1) is 4.92 Å². The summed E-state index contributed by atoms with van der Waals surface area (Å²) in [5.74, 6) is 0.777. The number of nitro groups is 1. The van der Waals surface area contributed by atoms with Gasteiger partial charge in [-0.1, -0.05) is 24.9 Å². The number of nitrogens with zero attached hydrogens (tertiary/aromatic N) is 1. The van der Waals surface area contributed by atoms with E-state index in [9.17, 15) is 10.1 Å². The Kier molecular flexibility index (Phi) is 5.22. The first kappa shape index (κ1) is 16.2. The van der Waals surface area contributed by atoms with Crippen molar-refractivity contribution < 1.29 is 4.92 Å². The van der Waals surface area contributed by atoms with Gasteiger partial charge in [0.2, 0.25) is 0 Å². The van der Waals surface area contributed by atoms with Crippen LogP contribution in [0.3, 0.4) is 0 Å². The van der Waals surface area contributed by atoms with Crippen LogP contribution in [0.15, 0.2) is 18.2 Å². The molecule has 0 bridgehead atoms. The van der Waals surface area contributed by atoms with Crippen molar-refractivity contribution in [3.8, 4) is 0 Å². The van der Waals surface area contributed by atoms with Crippen LogP contribution in [0.2, 0.25) is 5.02 Å². The summed E-state index contributed by atoms with van der Waals surface area (Å²) in [6, 6.07) is 4.80. The van der Waals surface area contributed by atoms with Gasteiger partial charge in [-0.3, -0.25) is 10.1 Å². The van der Waals surface area contributed by atoms with Gasteiger partial charge in [0.15, 0.2) is 0 Å². The fraction of sp³-hybridized carbons (Fsp3) is 0.625. The predicted molar refractivity (Wildman–Crippen MR) is 85.5 cm³/mol. The molecule has 5 heteroatoms. The monoisotopic (exact) mass is 310 g/mol. The summed E-state index contributed by atoms with van der Waals surface area (Å²) in [7, 11) is 0. The van der Waals surface area contributed by atoms with Gasteiger partial charge in [0.1, 0.15) is 0 Å². The van der Waals surface area contributed by atoms with Crippen molar-refractivity contribution in [2.24, 2.45) is 17.1 Å². The molecule has 21 heavy (non-hydrogen) atoms. The van der Waals surface area contributed by atoms with Crippen LogP contribution in [0.4, 0.5) is 5.69 Å². The van der Waals surface area contributed by atoms with Crippen molar-refractivity contribution in [1.29, 1.82) is 0 Å². The molecule has 1 aromatic rings. The summed E-state index contributed by atoms with van der Waals surface area (Å²) in [5, 5.41) is 11.7. The van der Waals surface area contributed by atoms with Gasteiger partial charge in [0, 0.05) is 16.7 Å². The Morgan fingerprint density at radius 3 is 2.62 bits per heavy atom. The number of benzene rings is 1. The second-order valence-electron chi connectivity index (χ2n) is 6.26. The predicted octanol–water partition coefficient (Wildman–Crippen LogP) is 4.34. The second-order valence-corrected chi connectivity index (χ2v) is 6.70. The molecule has 0 saturated heterocycles. The highest BCUT2D eigenvalue weighted by Crippen LogP contribution is 2.43. The quantitative estimate of drug-likeness (QED) is 0.650. The Morgan fingerprint density at radius 2 is 2.10 bits per heavy atom. The van der Waals surface area contributed by atoms with Crippen LogP contribution >= 0.6 is 11.6 Å². The lowest BCUT2D eigenvalue weighted by Gasteiger charge is -2.39. The highest BCUT2D eigenvalue weighted by atomic mass is 35.5. The van der Waals surface area contributed by atoms with Gasteiger partial charge < -0.3 is 5.73 Å². The van der Waals surface area contributed by atoms with Crippen LogP contribution in [-0.2, 0) is 6.42 Å². The Bertz CT molecular complexity index is 511. The molecule has 0 spiro atoms. The molecule has 0 unspecified atom stereocenters. The van der Waals surface area contributed by atoms with Gasteiger partial charge >= 0.3 is 0 Å². The number of nitro benzene ring substituents is 1. The van der Waals surface area contributed by atoms with E-state index < -0.39 is 0 Å². The van der Waals surface area contributed by atoms with Crippen LogP contribution in [0.25, 0.3) is 0 Å². The highest BCUT2D eigenvalue weighted by molar-refractivity contribution is 6.30. The molecule has 4 nitrogen and oxygen atoms in total. The van der Waals surface area contributed by atoms with Crippen molar-refractivity contribution in [2.75, 3.05) is 6.54 Å². The largest absolute Gasteiger partial charge is 0.330 e. The number of rotatable bonds is 5. The summed E-state index contributed by atoms with van der Waals surface area (Å²) in [6.07, 6.45) is 6.29. The molecule has 116 valence electrons. The number of hydrogen-bond donors (Lipinski definition) is 1. The fourth-order valence-electron chi connectivity index (χ4n) is 3.43. The average molecular weight is 311 g/mol. The van der Waals surface area contributed by atoms with Crippen LogP contribution < -0.4 is 5.73 Å². The van der Waals surface area contributed by atoms with E-state index in [0.717, 1.165) is 18.8 Å². The van der Waals surface area contributed by atoms with Crippen molar-refractivity contribution in [1.82, 2.24) is 0 Å². The van der Waals surface area contributed by atoms with Crippen LogP contribution in [0.1, 0.15) is 44.6 Å². The first-order chi connectivity index (χ1) is 9.99. The van der Waals surface area contributed by atoms with E-state index in [1.807, 2.05) is 0 Å². The first-order valence-electron chi connectivity index (χ1n) is 7.62. The molecule has 0 heterocycles. The number of halogens is 1. The SMILES string of the molecule is CCC1CCC(CN)(Cc2cc(Cl)ccc2[N+](=O)[O-])CC1. The van der Waals surface area contributed by atoms with Crippen LogP contribution in [-0.4, -0.2) is 11.5 Å². The van der Waals surface area contributed by atoms with Gasteiger partial charge in [-0.15, -0.1) is 0 Å². The Balaban J connectivity index is 2.23. The molecule has 0 aromatic heterocycles. The zero-order chi connectivity index (χ0) is 15.5. The molecule has 1 aliphatic carbocycles. The molecule has 1 fully saturated rings. The summed E-state index contributed by atoms with van der Waals surface area (Å²) in [4.78, 5) is 10.9. The number of hydrogen-bond acceptors (Lipinski definition) is 3. The first-order valence-corrected chi connectivity index (χ1v) is 8.00.